The van der Waals surface area contributed by atoms with Gasteiger partial charge in [0.25, 0.3) is 0 Å². The fourth-order valence-corrected chi connectivity index (χ4v) is 4.88. The third-order valence-electron chi connectivity index (χ3n) is 6.97. The van der Waals surface area contributed by atoms with Gasteiger partial charge in [0, 0.05) is 11.6 Å². The first-order valence-corrected chi connectivity index (χ1v) is 13.3. The van der Waals surface area contributed by atoms with Crippen molar-refractivity contribution in [2.45, 2.75) is 25.0 Å². The van der Waals surface area contributed by atoms with Crippen LogP contribution in [0.5, 0.6) is 0 Å². The lowest BCUT2D eigenvalue weighted by molar-refractivity contribution is -0.146. The van der Waals surface area contributed by atoms with E-state index in [4.69, 9.17) is 14.6 Å². The zero-order valence-corrected chi connectivity index (χ0v) is 22.5. The zero-order valence-electron chi connectivity index (χ0n) is 22.5. The molecule has 0 saturated heterocycles. The Morgan fingerprint density at radius 3 is 1.95 bits per heavy atom. The molecule has 9 nitrogen and oxygen atoms in total. The van der Waals surface area contributed by atoms with Gasteiger partial charge in [-0.3, -0.25) is 9.59 Å². The van der Waals surface area contributed by atoms with Crippen LogP contribution in [0.4, 0.5) is 10.5 Å². The molecule has 0 bridgehead atoms. The minimum atomic E-state index is -1.32. The largest absolute Gasteiger partial charge is 0.478 e. The van der Waals surface area contributed by atoms with Crippen LogP contribution in [0, 0.1) is 0 Å². The molecule has 5 rings (SSSR count). The lowest BCUT2D eigenvalue weighted by Crippen LogP contribution is -2.45. The SMILES string of the molecule is O=C(C[C@H](NC(=O)OCC1c2ccccc2-c2ccccc21)C(=O)Nc1ccc(C(=O)O)cc1)OCc1ccccc1. The lowest BCUT2D eigenvalue weighted by atomic mass is 9.98. The first-order chi connectivity index (χ1) is 20.4. The number of aromatic carboxylic acids is 1. The number of benzene rings is 4. The summed E-state index contributed by atoms with van der Waals surface area (Å²) in [4.78, 5) is 49.9. The third-order valence-corrected chi connectivity index (χ3v) is 6.97. The zero-order chi connectivity index (χ0) is 29.5. The van der Waals surface area contributed by atoms with Crippen LogP contribution < -0.4 is 10.6 Å². The van der Waals surface area contributed by atoms with E-state index in [9.17, 15) is 19.2 Å². The van der Waals surface area contributed by atoms with Crippen molar-refractivity contribution in [3.63, 3.8) is 0 Å². The first-order valence-electron chi connectivity index (χ1n) is 13.3. The third kappa shape index (κ3) is 6.64. The van der Waals surface area contributed by atoms with Crippen molar-refractivity contribution in [3.05, 3.63) is 125 Å². The number of hydrogen-bond donors (Lipinski definition) is 3. The molecule has 9 heteroatoms. The quantitative estimate of drug-likeness (QED) is 0.221. The summed E-state index contributed by atoms with van der Waals surface area (Å²) in [7, 11) is 0. The summed E-state index contributed by atoms with van der Waals surface area (Å²) in [6.07, 6.45) is -1.31. The molecular weight excluding hydrogens is 536 g/mol. The van der Waals surface area contributed by atoms with E-state index in [0.29, 0.717) is 5.69 Å². The molecule has 0 spiro atoms. The predicted octanol–water partition coefficient (Wildman–Crippen LogP) is 5.36. The van der Waals surface area contributed by atoms with Crippen molar-refractivity contribution in [1.82, 2.24) is 5.32 Å². The fraction of sp³-hybridized carbons (Fsp3) is 0.152. The number of hydrogen-bond acceptors (Lipinski definition) is 6. The molecule has 1 atom stereocenters. The topological polar surface area (TPSA) is 131 Å². The van der Waals surface area contributed by atoms with Crippen LogP contribution in [0.25, 0.3) is 11.1 Å². The summed E-state index contributed by atoms with van der Waals surface area (Å²) in [6, 6.07) is 29.1. The number of ether oxygens (including phenoxy) is 2. The summed E-state index contributed by atoms with van der Waals surface area (Å²) in [6.45, 7) is 0.0406. The number of carbonyl (C=O) groups excluding carboxylic acids is 3. The Bertz CT molecular complexity index is 1560. The molecule has 0 fully saturated rings. The van der Waals surface area contributed by atoms with Gasteiger partial charge in [-0.05, 0) is 52.1 Å². The van der Waals surface area contributed by atoms with Crippen LogP contribution in [0.3, 0.4) is 0 Å². The van der Waals surface area contributed by atoms with Gasteiger partial charge in [-0.2, -0.15) is 0 Å². The molecule has 0 aromatic heterocycles. The average Bonchev–Trinajstić information content (AvgIpc) is 3.33. The van der Waals surface area contributed by atoms with Gasteiger partial charge in [-0.25, -0.2) is 9.59 Å². The molecule has 0 saturated carbocycles. The maximum absolute atomic E-state index is 13.2. The van der Waals surface area contributed by atoms with Crippen molar-refractivity contribution >= 4 is 29.6 Å². The summed E-state index contributed by atoms with van der Waals surface area (Å²) < 4.78 is 10.9. The van der Waals surface area contributed by atoms with Crippen molar-refractivity contribution in [2.75, 3.05) is 11.9 Å². The number of carbonyl (C=O) groups is 4. The highest BCUT2D eigenvalue weighted by Crippen LogP contribution is 2.44. The van der Waals surface area contributed by atoms with Gasteiger partial charge in [-0.1, -0.05) is 78.9 Å². The van der Waals surface area contributed by atoms with Gasteiger partial charge in [0.1, 0.15) is 19.3 Å². The van der Waals surface area contributed by atoms with E-state index < -0.39 is 36.4 Å². The molecule has 1 aliphatic carbocycles. The Morgan fingerprint density at radius 2 is 1.33 bits per heavy atom. The van der Waals surface area contributed by atoms with Crippen molar-refractivity contribution in [2.24, 2.45) is 0 Å². The maximum Gasteiger partial charge on any atom is 0.407 e. The molecule has 4 aromatic carbocycles. The van der Waals surface area contributed by atoms with Gasteiger partial charge in [0.05, 0.1) is 12.0 Å². The number of carboxylic acid groups (broad SMARTS) is 1. The van der Waals surface area contributed by atoms with E-state index >= 15 is 0 Å². The van der Waals surface area contributed by atoms with Crippen molar-refractivity contribution in [1.29, 1.82) is 0 Å². The molecule has 212 valence electrons. The number of amides is 2. The van der Waals surface area contributed by atoms with Gasteiger partial charge in [-0.15, -0.1) is 0 Å². The second kappa shape index (κ2) is 12.8. The van der Waals surface area contributed by atoms with Crippen LogP contribution in [0.2, 0.25) is 0 Å². The number of rotatable bonds is 10. The predicted molar refractivity (Wildman–Crippen MR) is 155 cm³/mol. The van der Waals surface area contributed by atoms with E-state index in [1.807, 2.05) is 66.7 Å². The molecule has 0 radical (unpaired) electrons. The maximum atomic E-state index is 13.2. The first kappa shape index (κ1) is 28.1. The minimum Gasteiger partial charge on any atom is -0.478 e. The standard InChI is InChI=1S/C33H28N2O7/c36-30(41-19-21-8-2-1-3-9-21)18-29(31(37)34-23-16-14-22(15-17-23)32(38)39)35-33(40)42-20-28-26-12-6-4-10-24(26)25-11-5-7-13-27(25)28/h1-17,28-29H,18-20H2,(H,34,37)(H,35,40)(H,38,39)/t29-/m0/s1. The van der Waals surface area contributed by atoms with E-state index in [2.05, 4.69) is 10.6 Å². The van der Waals surface area contributed by atoms with Crippen LogP contribution in [0.1, 0.15) is 39.4 Å². The Balaban J connectivity index is 1.26. The highest BCUT2D eigenvalue weighted by atomic mass is 16.5. The fourth-order valence-electron chi connectivity index (χ4n) is 4.88. The highest BCUT2D eigenvalue weighted by Gasteiger charge is 2.30. The van der Waals surface area contributed by atoms with Gasteiger partial charge in [0.2, 0.25) is 5.91 Å². The summed E-state index contributed by atoms with van der Waals surface area (Å²) >= 11 is 0. The molecule has 1 aliphatic rings. The second-order valence-electron chi connectivity index (χ2n) is 9.74. The number of esters is 1. The van der Waals surface area contributed by atoms with Crippen LogP contribution in [-0.4, -0.2) is 41.7 Å². The summed E-state index contributed by atoms with van der Waals surface area (Å²) in [5.41, 5.74) is 5.34. The molecule has 3 N–H and O–H groups in total. The number of carboxylic acids is 1. The second-order valence-corrected chi connectivity index (χ2v) is 9.74. The Hall–Kier alpha value is -5.44. The van der Waals surface area contributed by atoms with E-state index in [1.165, 1.54) is 24.3 Å². The average molecular weight is 565 g/mol. The summed E-state index contributed by atoms with van der Waals surface area (Å²) in [5, 5.41) is 14.2. The number of alkyl carbamates (subject to hydrolysis) is 1. The van der Waals surface area contributed by atoms with Crippen molar-refractivity contribution in [3.8, 4) is 11.1 Å². The van der Waals surface area contributed by atoms with E-state index in [0.717, 1.165) is 27.8 Å². The minimum absolute atomic E-state index is 0.00953. The van der Waals surface area contributed by atoms with Gasteiger partial charge < -0.3 is 25.2 Å². The monoisotopic (exact) mass is 564 g/mol. The molecule has 4 aromatic rings. The summed E-state index contributed by atoms with van der Waals surface area (Å²) in [5.74, 6) is -2.68. The van der Waals surface area contributed by atoms with E-state index in [1.54, 1.807) is 12.1 Å². The van der Waals surface area contributed by atoms with Gasteiger partial charge >= 0.3 is 18.0 Å². The van der Waals surface area contributed by atoms with Crippen LogP contribution in [-0.2, 0) is 25.7 Å². The molecular formula is C33H28N2O7. The van der Waals surface area contributed by atoms with Gasteiger partial charge in [0.15, 0.2) is 0 Å². The number of nitrogens with one attached hydrogen (secondary N) is 2. The number of anilines is 1. The normalized spacial score (nSPS) is 12.4. The Morgan fingerprint density at radius 1 is 0.738 bits per heavy atom. The lowest BCUT2D eigenvalue weighted by Gasteiger charge is -2.19. The van der Waals surface area contributed by atoms with Crippen molar-refractivity contribution < 1.29 is 33.8 Å². The molecule has 42 heavy (non-hydrogen) atoms. The Kier molecular flexibility index (Phi) is 8.58. The number of fused-ring (bicyclic) bond motifs is 3. The Labute approximate surface area is 242 Å². The molecule has 2 amide bonds. The van der Waals surface area contributed by atoms with Crippen LogP contribution in [0.15, 0.2) is 103 Å². The highest BCUT2D eigenvalue weighted by molar-refractivity contribution is 5.99. The molecule has 0 heterocycles. The van der Waals surface area contributed by atoms with Crippen LogP contribution >= 0.6 is 0 Å². The molecule has 0 aliphatic heterocycles. The smallest absolute Gasteiger partial charge is 0.407 e. The molecule has 0 unspecified atom stereocenters. The van der Waals surface area contributed by atoms with E-state index in [-0.39, 0.29) is 24.7 Å².